The van der Waals surface area contributed by atoms with E-state index in [4.69, 9.17) is 4.74 Å². The SMILES string of the molecule is Cn1c(CN2CCOCC2)nnc1C1CCCN(Cc2cccc(F)c2)C1. The van der Waals surface area contributed by atoms with Crippen LogP contribution in [0.5, 0.6) is 0 Å². The van der Waals surface area contributed by atoms with E-state index in [0.29, 0.717) is 5.92 Å². The molecule has 4 rings (SSSR count). The topological polar surface area (TPSA) is 46.4 Å². The van der Waals surface area contributed by atoms with E-state index in [-0.39, 0.29) is 5.82 Å². The van der Waals surface area contributed by atoms with Crippen molar-refractivity contribution >= 4 is 0 Å². The van der Waals surface area contributed by atoms with Crippen LogP contribution >= 0.6 is 0 Å². The van der Waals surface area contributed by atoms with Crippen LogP contribution in [0.25, 0.3) is 0 Å². The zero-order chi connectivity index (χ0) is 18.6. The molecule has 1 unspecified atom stereocenters. The van der Waals surface area contributed by atoms with Crippen LogP contribution in [0.3, 0.4) is 0 Å². The zero-order valence-electron chi connectivity index (χ0n) is 16.0. The highest BCUT2D eigenvalue weighted by molar-refractivity contribution is 5.16. The minimum atomic E-state index is -0.165. The maximum Gasteiger partial charge on any atom is 0.146 e. The van der Waals surface area contributed by atoms with Crippen molar-refractivity contribution in [1.82, 2.24) is 24.6 Å². The van der Waals surface area contributed by atoms with Crippen LogP contribution in [-0.2, 0) is 24.9 Å². The Morgan fingerprint density at radius 2 is 1.96 bits per heavy atom. The molecule has 0 spiro atoms. The van der Waals surface area contributed by atoms with Gasteiger partial charge in [-0.25, -0.2) is 4.39 Å². The van der Waals surface area contributed by atoms with Gasteiger partial charge in [-0.2, -0.15) is 0 Å². The predicted molar refractivity (Wildman–Crippen MR) is 101 cm³/mol. The molecule has 2 aromatic rings. The maximum absolute atomic E-state index is 13.5. The highest BCUT2D eigenvalue weighted by atomic mass is 19.1. The lowest BCUT2D eigenvalue weighted by Crippen LogP contribution is -2.36. The summed E-state index contributed by atoms with van der Waals surface area (Å²) in [5.41, 5.74) is 1.03. The second-order valence-corrected chi connectivity index (χ2v) is 7.63. The molecular weight excluding hydrogens is 345 g/mol. The molecule has 0 N–H and O–H groups in total. The number of rotatable bonds is 5. The third-order valence-corrected chi connectivity index (χ3v) is 5.63. The number of piperidine rings is 1. The Bertz CT molecular complexity index is 759. The maximum atomic E-state index is 13.5. The van der Waals surface area contributed by atoms with E-state index >= 15 is 0 Å². The summed E-state index contributed by atoms with van der Waals surface area (Å²) in [7, 11) is 2.08. The minimum Gasteiger partial charge on any atom is -0.379 e. The Kier molecular flexibility index (Phi) is 5.80. The van der Waals surface area contributed by atoms with Crippen LogP contribution in [-0.4, -0.2) is 64.0 Å². The molecule has 7 heteroatoms. The van der Waals surface area contributed by atoms with E-state index in [1.807, 2.05) is 6.07 Å². The van der Waals surface area contributed by atoms with Crippen LogP contribution < -0.4 is 0 Å². The third-order valence-electron chi connectivity index (χ3n) is 5.63. The molecular formula is C20H28FN5O. The summed E-state index contributed by atoms with van der Waals surface area (Å²) in [5, 5.41) is 9.00. The van der Waals surface area contributed by atoms with Gasteiger partial charge >= 0.3 is 0 Å². The smallest absolute Gasteiger partial charge is 0.146 e. The Labute approximate surface area is 159 Å². The largest absolute Gasteiger partial charge is 0.379 e. The number of ether oxygens (including phenoxy) is 1. The van der Waals surface area contributed by atoms with Gasteiger partial charge in [0.05, 0.1) is 19.8 Å². The minimum absolute atomic E-state index is 0.165. The highest BCUT2D eigenvalue weighted by Gasteiger charge is 2.26. The number of hydrogen-bond donors (Lipinski definition) is 0. The number of likely N-dealkylation sites (tertiary alicyclic amines) is 1. The van der Waals surface area contributed by atoms with Gasteiger partial charge in [0.1, 0.15) is 17.5 Å². The molecule has 0 radical (unpaired) electrons. The van der Waals surface area contributed by atoms with E-state index < -0.39 is 0 Å². The molecule has 0 aliphatic carbocycles. The molecule has 2 fully saturated rings. The molecule has 2 aliphatic rings. The fraction of sp³-hybridized carbons (Fsp3) is 0.600. The Hall–Kier alpha value is -1.83. The second kappa shape index (κ2) is 8.46. The molecule has 146 valence electrons. The third kappa shape index (κ3) is 4.54. The van der Waals surface area contributed by atoms with Gasteiger partial charge < -0.3 is 9.30 Å². The van der Waals surface area contributed by atoms with Crippen LogP contribution in [0.1, 0.15) is 36.0 Å². The molecule has 1 aromatic carbocycles. The lowest BCUT2D eigenvalue weighted by atomic mass is 9.96. The van der Waals surface area contributed by atoms with Crippen molar-refractivity contribution in [3.8, 4) is 0 Å². The van der Waals surface area contributed by atoms with Crippen LogP contribution in [0.2, 0.25) is 0 Å². The first-order chi connectivity index (χ1) is 13.2. The van der Waals surface area contributed by atoms with Crippen molar-refractivity contribution in [3.63, 3.8) is 0 Å². The predicted octanol–water partition coefficient (Wildman–Crippen LogP) is 2.17. The number of halogens is 1. The van der Waals surface area contributed by atoms with Crippen LogP contribution in [0.15, 0.2) is 24.3 Å². The molecule has 3 heterocycles. The van der Waals surface area contributed by atoms with Gasteiger partial charge in [-0.3, -0.25) is 9.80 Å². The van der Waals surface area contributed by atoms with E-state index in [2.05, 4.69) is 31.6 Å². The number of benzene rings is 1. The normalized spacial score (nSPS) is 22.2. The van der Waals surface area contributed by atoms with Crippen molar-refractivity contribution < 1.29 is 9.13 Å². The second-order valence-electron chi connectivity index (χ2n) is 7.63. The Balaban J connectivity index is 1.40. The van der Waals surface area contributed by atoms with Gasteiger partial charge in [0.2, 0.25) is 0 Å². The summed E-state index contributed by atoms with van der Waals surface area (Å²) in [5.74, 6) is 2.31. The Morgan fingerprint density at radius 3 is 2.78 bits per heavy atom. The molecule has 1 aromatic heterocycles. The van der Waals surface area contributed by atoms with Gasteiger partial charge in [0.25, 0.3) is 0 Å². The van der Waals surface area contributed by atoms with Gasteiger partial charge in [-0.15, -0.1) is 10.2 Å². The molecule has 0 bridgehead atoms. The summed E-state index contributed by atoms with van der Waals surface area (Å²) >= 11 is 0. The quantitative estimate of drug-likeness (QED) is 0.804. The molecule has 2 saturated heterocycles. The molecule has 27 heavy (non-hydrogen) atoms. The number of hydrogen-bond acceptors (Lipinski definition) is 5. The van der Waals surface area contributed by atoms with Crippen molar-refractivity contribution in [3.05, 3.63) is 47.3 Å². The van der Waals surface area contributed by atoms with Gasteiger partial charge in [-0.05, 0) is 37.1 Å². The fourth-order valence-corrected chi connectivity index (χ4v) is 4.13. The number of nitrogens with zero attached hydrogens (tertiary/aromatic N) is 5. The van der Waals surface area contributed by atoms with Gasteiger partial charge in [0, 0.05) is 39.1 Å². The van der Waals surface area contributed by atoms with Crippen molar-refractivity contribution in [2.24, 2.45) is 7.05 Å². The lowest BCUT2D eigenvalue weighted by molar-refractivity contribution is 0.0326. The van der Waals surface area contributed by atoms with E-state index in [9.17, 15) is 4.39 Å². The standard InChI is InChI=1S/C20H28FN5O/c1-24-19(15-25-8-10-27-11-9-25)22-23-20(24)17-5-3-7-26(14-17)13-16-4-2-6-18(21)12-16/h2,4,6,12,17H,3,5,7-11,13-15H2,1H3. The van der Waals surface area contributed by atoms with Crippen LogP contribution in [0, 0.1) is 5.82 Å². The van der Waals surface area contributed by atoms with E-state index in [0.717, 1.165) is 82.5 Å². The first kappa shape index (κ1) is 18.5. The molecule has 0 amide bonds. The van der Waals surface area contributed by atoms with Crippen molar-refractivity contribution in [2.75, 3.05) is 39.4 Å². The summed E-state index contributed by atoms with van der Waals surface area (Å²) in [6, 6.07) is 6.91. The highest BCUT2D eigenvalue weighted by Crippen LogP contribution is 2.27. The summed E-state index contributed by atoms with van der Waals surface area (Å²) in [6.07, 6.45) is 2.26. The first-order valence-electron chi connectivity index (χ1n) is 9.84. The molecule has 1 atom stereocenters. The zero-order valence-corrected chi connectivity index (χ0v) is 16.0. The van der Waals surface area contributed by atoms with Crippen molar-refractivity contribution in [1.29, 1.82) is 0 Å². The summed E-state index contributed by atoms with van der Waals surface area (Å²) < 4.78 is 21.1. The van der Waals surface area contributed by atoms with Gasteiger partial charge in [0.15, 0.2) is 0 Å². The van der Waals surface area contributed by atoms with E-state index in [1.54, 1.807) is 12.1 Å². The molecule has 2 aliphatic heterocycles. The average molecular weight is 373 g/mol. The molecule has 6 nitrogen and oxygen atoms in total. The monoisotopic (exact) mass is 373 g/mol. The fourth-order valence-electron chi connectivity index (χ4n) is 4.13. The lowest BCUT2D eigenvalue weighted by Gasteiger charge is -2.32. The average Bonchev–Trinajstić information content (AvgIpc) is 3.03. The van der Waals surface area contributed by atoms with Crippen LogP contribution in [0.4, 0.5) is 4.39 Å². The van der Waals surface area contributed by atoms with Crippen molar-refractivity contribution in [2.45, 2.75) is 31.8 Å². The summed E-state index contributed by atoms with van der Waals surface area (Å²) in [4.78, 5) is 4.77. The molecule has 0 saturated carbocycles. The Morgan fingerprint density at radius 1 is 1.11 bits per heavy atom. The first-order valence-corrected chi connectivity index (χ1v) is 9.84. The van der Waals surface area contributed by atoms with Gasteiger partial charge in [-0.1, -0.05) is 12.1 Å². The van der Waals surface area contributed by atoms with E-state index in [1.165, 1.54) is 6.07 Å². The number of morpholine rings is 1. The summed E-state index contributed by atoms with van der Waals surface area (Å²) in [6.45, 7) is 7.09. The number of aromatic nitrogens is 3.